The van der Waals surface area contributed by atoms with Crippen molar-refractivity contribution in [3.05, 3.63) is 102 Å². The van der Waals surface area contributed by atoms with E-state index in [-0.39, 0.29) is 43.9 Å². The van der Waals surface area contributed by atoms with Crippen LogP contribution in [-0.2, 0) is 38.4 Å². The molecule has 2 fully saturated rings. The first-order valence-corrected chi connectivity index (χ1v) is 14.1. The van der Waals surface area contributed by atoms with Gasteiger partial charge in [0.2, 0.25) is 23.6 Å². The Bertz CT molecular complexity index is 1420. The van der Waals surface area contributed by atoms with E-state index < -0.39 is 47.9 Å². The van der Waals surface area contributed by atoms with Gasteiger partial charge < -0.3 is 31.7 Å². The van der Waals surface area contributed by atoms with Gasteiger partial charge in [0.25, 0.3) is 0 Å². The summed E-state index contributed by atoms with van der Waals surface area (Å²) in [6, 6.07) is 20.9. The maximum Gasteiger partial charge on any atom is 0.243 e. The van der Waals surface area contributed by atoms with Crippen LogP contribution in [0.1, 0.15) is 23.1 Å². The first-order chi connectivity index (χ1) is 20.3. The van der Waals surface area contributed by atoms with Crippen LogP contribution in [0.4, 0.5) is 0 Å². The summed E-state index contributed by atoms with van der Waals surface area (Å²) in [5.74, 6) is -1.67. The van der Waals surface area contributed by atoms with Crippen molar-refractivity contribution in [3.8, 4) is 5.75 Å². The number of phenolic OH excluding ortho intramolecular Hbond substituents is 1. The molecule has 10 heteroatoms. The minimum absolute atomic E-state index is 0.106. The van der Waals surface area contributed by atoms with Crippen molar-refractivity contribution in [2.45, 2.75) is 55.9 Å². The molecule has 218 valence electrons. The fourth-order valence-electron chi connectivity index (χ4n) is 5.58. The van der Waals surface area contributed by atoms with Crippen LogP contribution in [0.3, 0.4) is 0 Å². The topological polar surface area (TPSA) is 154 Å². The average Bonchev–Trinajstić information content (AvgIpc) is 3.41. The largest absolute Gasteiger partial charge is 0.508 e. The van der Waals surface area contributed by atoms with E-state index in [9.17, 15) is 24.3 Å². The SMILES string of the molecule is N[C@@H](Cc1ccc(O)cc1)C(=O)N1C[C@H]2C[C@H]1C(=O)N[C@H](Cc1ccccc1)C(=O)N[C@@H](Cc1ccccc1)C(=O)N2. The zero-order valence-corrected chi connectivity index (χ0v) is 23.1. The summed E-state index contributed by atoms with van der Waals surface area (Å²) in [4.78, 5) is 55.8. The molecule has 0 spiro atoms. The highest BCUT2D eigenvalue weighted by Crippen LogP contribution is 2.22. The summed E-state index contributed by atoms with van der Waals surface area (Å²) in [6.45, 7) is 0.112. The van der Waals surface area contributed by atoms with Gasteiger partial charge in [-0.25, -0.2) is 0 Å². The smallest absolute Gasteiger partial charge is 0.243 e. The minimum atomic E-state index is -0.967. The Kier molecular flexibility index (Phi) is 8.83. The Labute approximate surface area is 244 Å². The second kappa shape index (κ2) is 12.9. The maximum atomic E-state index is 13.7. The number of carbonyl (C=O) groups excluding carboxylic acids is 4. The zero-order valence-electron chi connectivity index (χ0n) is 23.1. The van der Waals surface area contributed by atoms with E-state index in [4.69, 9.17) is 5.73 Å². The van der Waals surface area contributed by atoms with Crippen LogP contribution in [0, 0.1) is 0 Å². The molecule has 10 nitrogen and oxygen atoms in total. The monoisotopic (exact) mass is 569 g/mol. The van der Waals surface area contributed by atoms with Crippen LogP contribution in [0.15, 0.2) is 84.9 Å². The van der Waals surface area contributed by atoms with Crippen molar-refractivity contribution >= 4 is 23.6 Å². The number of benzene rings is 3. The molecule has 4 amide bonds. The lowest BCUT2D eigenvalue weighted by molar-refractivity contribution is -0.140. The Balaban J connectivity index is 1.41. The van der Waals surface area contributed by atoms with Crippen molar-refractivity contribution in [3.63, 3.8) is 0 Å². The number of nitrogens with zero attached hydrogens (tertiary/aromatic N) is 1. The molecule has 0 unspecified atom stereocenters. The molecule has 0 radical (unpaired) electrons. The van der Waals surface area contributed by atoms with Crippen molar-refractivity contribution < 1.29 is 24.3 Å². The normalized spacial score (nSPS) is 23.3. The quantitative estimate of drug-likeness (QED) is 0.284. The number of carbonyl (C=O) groups is 4. The van der Waals surface area contributed by atoms with Gasteiger partial charge in [-0.2, -0.15) is 0 Å². The van der Waals surface area contributed by atoms with Gasteiger partial charge in [-0.3, -0.25) is 19.2 Å². The summed E-state index contributed by atoms with van der Waals surface area (Å²) in [5.41, 5.74) is 8.78. The molecule has 2 aliphatic heterocycles. The highest BCUT2D eigenvalue weighted by molar-refractivity contribution is 5.96. The van der Waals surface area contributed by atoms with E-state index in [0.29, 0.717) is 0 Å². The molecular weight excluding hydrogens is 534 g/mol. The van der Waals surface area contributed by atoms with Gasteiger partial charge in [-0.05, 0) is 41.7 Å². The lowest BCUT2D eigenvalue weighted by Crippen LogP contribution is -2.59. The Morgan fingerprint density at radius 2 is 1.29 bits per heavy atom. The predicted molar refractivity (Wildman–Crippen MR) is 156 cm³/mol. The Hall–Kier alpha value is -4.70. The Morgan fingerprint density at radius 1 is 0.762 bits per heavy atom. The van der Waals surface area contributed by atoms with E-state index in [2.05, 4.69) is 16.0 Å². The van der Waals surface area contributed by atoms with Gasteiger partial charge in [0, 0.05) is 25.4 Å². The first kappa shape index (κ1) is 28.8. The van der Waals surface area contributed by atoms with E-state index in [1.165, 1.54) is 17.0 Å². The summed E-state index contributed by atoms with van der Waals surface area (Å²) in [5, 5.41) is 18.3. The minimum Gasteiger partial charge on any atom is -0.508 e. The molecule has 2 saturated heterocycles. The third-order valence-corrected chi connectivity index (χ3v) is 7.77. The van der Waals surface area contributed by atoms with Gasteiger partial charge in [0.1, 0.15) is 23.9 Å². The number of nitrogens with one attached hydrogen (secondary N) is 3. The summed E-state index contributed by atoms with van der Waals surface area (Å²) in [6.07, 6.45) is 0.877. The summed E-state index contributed by atoms with van der Waals surface area (Å²) in [7, 11) is 0. The van der Waals surface area contributed by atoms with Gasteiger partial charge in [0.05, 0.1) is 6.04 Å². The highest BCUT2D eigenvalue weighted by Gasteiger charge is 2.44. The first-order valence-electron chi connectivity index (χ1n) is 14.1. The molecule has 0 saturated carbocycles. The Morgan fingerprint density at radius 3 is 1.86 bits per heavy atom. The zero-order chi connectivity index (χ0) is 29.6. The second-order valence-corrected chi connectivity index (χ2v) is 10.9. The van der Waals surface area contributed by atoms with Gasteiger partial charge in [-0.1, -0.05) is 72.8 Å². The van der Waals surface area contributed by atoms with Crippen LogP contribution in [0.5, 0.6) is 5.75 Å². The molecule has 3 aromatic carbocycles. The number of phenols is 1. The molecule has 0 aliphatic carbocycles. The van der Waals surface area contributed by atoms with E-state index >= 15 is 0 Å². The number of hydrogen-bond acceptors (Lipinski definition) is 6. The van der Waals surface area contributed by atoms with Crippen molar-refractivity contribution in [2.75, 3.05) is 6.54 Å². The maximum absolute atomic E-state index is 13.7. The fourth-order valence-corrected chi connectivity index (χ4v) is 5.58. The van der Waals surface area contributed by atoms with Gasteiger partial charge in [-0.15, -0.1) is 0 Å². The van der Waals surface area contributed by atoms with Crippen LogP contribution < -0.4 is 21.7 Å². The second-order valence-electron chi connectivity index (χ2n) is 10.9. The van der Waals surface area contributed by atoms with Crippen LogP contribution in [0.25, 0.3) is 0 Å². The number of likely N-dealkylation sites (tertiary alicyclic amines) is 1. The van der Waals surface area contributed by atoms with Gasteiger partial charge >= 0.3 is 0 Å². The number of nitrogens with two attached hydrogens (primary N) is 1. The van der Waals surface area contributed by atoms with E-state index in [1.807, 2.05) is 60.7 Å². The van der Waals surface area contributed by atoms with Crippen LogP contribution in [-0.4, -0.2) is 70.4 Å². The lowest BCUT2D eigenvalue weighted by Gasteiger charge is -2.29. The predicted octanol–water partition coefficient (Wildman–Crippen LogP) is 0.816. The molecule has 0 aromatic heterocycles. The van der Waals surface area contributed by atoms with E-state index in [1.54, 1.807) is 12.1 Å². The summed E-state index contributed by atoms with van der Waals surface area (Å²) >= 11 is 0. The lowest BCUT2D eigenvalue weighted by atomic mass is 10.0. The molecule has 2 bridgehead atoms. The number of aromatic hydroxyl groups is 1. The molecular formula is C32H35N5O5. The highest BCUT2D eigenvalue weighted by atomic mass is 16.3. The van der Waals surface area contributed by atoms with Gasteiger partial charge in [0.15, 0.2) is 0 Å². The fraction of sp³-hybridized carbons (Fsp3) is 0.312. The summed E-state index contributed by atoms with van der Waals surface area (Å²) < 4.78 is 0. The van der Waals surface area contributed by atoms with Crippen molar-refractivity contribution in [2.24, 2.45) is 5.73 Å². The molecule has 5 atom stereocenters. The third kappa shape index (κ3) is 6.95. The molecule has 42 heavy (non-hydrogen) atoms. The molecule has 2 heterocycles. The van der Waals surface area contributed by atoms with E-state index in [0.717, 1.165) is 16.7 Å². The average molecular weight is 570 g/mol. The standard InChI is InChI=1S/C32H35N5O5/c33-25(15-22-11-13-24(38)14-12-22)32(42)37-19-23-18-28(37)31(41)36-27(17-21-9-5-2-6-10-21)30(40)35-26(29(39)34-23)16-20-7-3-1-4-8-20/h1-14,23,25-28,38H,15-19,33H2,(H,34,39)(H,35,40)(H,36,41)/t23-,25+,26+,27-,28+/m1/s1. The van der Waals surface area contributed by atoms with Crippen molar-refractivity contribution in [1.82, 2.24) is 20.9 Å². The molecule has 3 aromatic rings. The number of amides is 4. The van der Waals surface area contributed by atoms with Crippen molar-refractivity contribution in [1.29, 1.82) is 0 Å². The number of hydrogen-bond donors (Lipinski definition) is 5. The van der Waals surface area contributed by atoms with Crippen LogP contribution in [0.2, 0.25) is 0 Å². The molecule has 2 aliphatic rings. The number of fused-ring (bicyclic) bond motifs is 2. The number of rotatable bonds is 7. The third-order valence-electron chi connectivity index (χ3n) is 7.77. The molecule has 5 rings (SSSR count). The molecule has 6 N–H and O–H groups in total. The van der Waals surface area contributed by atoms with Crippen LogP contribution >= 0.6 is 0 Å².